The number of rotatable bonds is 5. The van der Waals surface area contributed by atoms with E-state index in [2.05, 4.69) is 15.6 Å². The molecule has 3 N–H and O–H groups in total. The predicted octanol–water partition coefficient (Wildman–Crippen LogP) is 1.30. The summed E-state index contributed by atoms with van der Waals surface area (Å²) in [5.74, 6) is -0.938. The number of anilines is 1. The van der Waals surface area contributed by atoms with Crippen LogP contribution >= 0.6 is 11.3 Å². The molecule has 1 heterocycles. The highest BCUT2D eigenvalue weighted by Gasteiger charge is 2.08. The number of carboxylic acid groups (broad SMARTS) is 1. The summed E-state index contributed by atoms with van der Waals surface area (Å²) in [5.41, 5.74) is 0.447. The van der Waals surface area contributed by atoms with Crippen molar-refractivity contribution in [1.29, 1.82) is 0 Å². The van der Waals surface area contributed by atoms with Crippen LogP contribution in [0.2, 0.25) is 0 Å². The van der Waals surface area contributed by atoms with Crippen molar-refractivity contribution in [2.45, 2.75) is 19.8 Å². The summed E-state index contributed by atoms with van der Waals surface area (Å²) in [4.78, 5) is 25.6. The monoisotopic (exact) mass is 243 g/mol. The standard InChI is InChI=1S/C9H13N3O3S/c1-2-3-10-8(15)12-9-11-6(5-16-9)4-7(13)14/h5H,2-4H2,1H3,(H,13,14)(H2,10,11,12,15). The Bertz CT molecular complexity index is 378. The first kappa shape index (κ1) is 12.4. The third-order valence-corrected chi connectivity index (χ3v) is 2.45. The minimum absolute atomic E-state index is 0.130. The van der Waals surface area contributed by atoms with Gasteiger partial charge in [-0.15, -0.1) is 11.3 Å². The van der Waals surface area contributed by atoms with E-state index in [-0.39, 0.29) is 12.5 Å². The van der Waals surface area contributed by atoms with E-state index < -0.39 is 5.97 Å². The Morgan fingerprint density at radius 1 is 1.56 bits per heavy atom. The van der Waals surface area contributed by atoms with Crippen LogP contribution in [0.5, 0.6) is 0 Å². The molecular weight excluding hydrogens is 230 g/mol. The molecule has 1 aromatic rings. The molecule has 0 fully saturated rings. The van der Waals surface area contributed by atoms with Crippen LogP contribution < -0.4 is 10.6 Å². The molecule has 0 saturated heterocycles. The van der Waals surface area contributed by atoms with Gasteiger partial charge in [-0.3, -0.25) is 10.1 Å². The Balaban J connectivity index is 2.45. The second kappa shape index (κ2) is 6.06. The van der Waals surface area contributed by atoms with E-state index in [1.165, 1.54) is 11.3 Å². The van der Waals surface area contributed by atoms with Gasteiger partial charge in [0, 0.05) is 11.9 Å². The van der Waals surface area contributed by atoms with E-state index in [0.29, 0.717) is 17.4 Å². The SMILES string of the molecule is CCCNC(=O)Nc1nc(CC(=O)O)cs1. The molecule has 0 aromatic carbocycles. The second-order valence-corrected chi connectivity index (χ2v) is 3.95. The molecule has 0 bridgehead atoms. The maximum atomic E-state index is 11.2. The average Bonchev–Trinajstić information content (AvgIpc) is 2.61. The molecule has 0 aliphatic rings. The lowest BCUT2D eigenvalue weighted by Gasteiger charge is -2.02. The van der Waals surface area contributed by atoms with Crippen LogP contribution in [0.25, 0.3) is 0 Å². The van der Waals surface area contributed by atoms with Crippen molar-refractivity contribution in [3.05, 3.63) is 11.1 Å². The first-order valence-electron chi connectivity index (χ1n) is 4.83. The Hall–Kier alpha value is -1.63. The van der Waals surface area contributed by atoms with Crippen molar-refractivity contribution in [2.24, 2.45) is 0 Å². The zero-order valence-corrected chi connectivity index (χ0v) is 9.63. The molecule has 0 aliphatic heterocycles. The van der Waals surface area contributed by atoms with Crippen LogP contribution in [0.1, 0.15) is 19.0 Å². The molecule has 0 radical (unpaired) electrons. The number of nitrogens with one attached hydrogen (secondary N) is 2. The third kappa shape index (κ3) is 4.26. The number of aromatic nitrogens is 1. The third-order valence-electron chi connectivity index (χ3n) is 1.64. The number of carbonyl (C=O) groups is 2. The van der Waals surface area contributed by atoms with Gasteiger partial charge in [-0.25, -0.2) is 9.78 Å². The molecule has 1 rings (SSSR count). The van der Waals surface area contributed by atoms with Gasteiger partial charge in [-0.05, 0) is 6.42 Å². The lowest BCUT2D eigenvalue weighted by Crippen LogP contribution is -2.29. The topological polar surface area (TPSA) is 91.3 Å². The minimum atomic E-state index is -0.938. The van der Waals surface area contributed by atoms with Gasteiger partial charge in [-0.2, -0.15) is 0 Å². The summed E-state index contributed by atoms with van der Waals surface area (Å²) in [5, 5.41) is 15.7. The fraction of sp³-hybridized carbons (Fsp3) is 0.444. The normalized spacial score (nSPS) is 9.81. The van der Waals surface area contributed by atoms with E-state index >= 15 is 0 Å². The zero-order valence-electron chi connectivity index (χ0n) is 8.82. The minimum Gasteiger partial charge on any atom is -0.481 e. The van der Waals surface area contributed by atoms with Gasteiger partial charge in [-0.1, -0.05) is 6.92 Å². The molecular formula is C9H13N3O3S. The number of hydrogen-bond donors (Lipinski definition) is 3. The fourth-order valence-corrected chi connectivity index (χ4v) is 1.69. The lowest BCUT2D eigenvalue weighted by molar-refractivity contribution is -0.136. The van der Waals surface area contributed by atoms with Crippen molar-refractivity contribution >= 4 is 28.5 Å². The first-order valence-corrected chi connectivity index (χ1v) is 5.70. The van der Waals surface area contributed by atoms with Gasteiger partial charge in [0.2, 0.25) is 0 Å². The van der Waals surface area contributed by atoms with Crippen molar-refractivity contribution in [2.75, 3.05) is 11.9 Å². The van der Waals surface area contributed by atoms with Crippen LogP contribution in [0.4, 0.5) is 9.93 Å². The quantitative estimate of drug-likeness (QED) is 0.727. The first-order chi connectivity index (χ1) is 7.61. The highest BCUT2D eigenvalue weighted by atomic mass is 32.1. The number of hydrogen-bond acceptors (Lipinski definition) is 4. The number of thiazole rings is 1. The smallest absolute Gasteiger partial charge is 0.321 e. The molecule has 0 atom stereocenters. The lowest BCUT2D eigenvalue weighted by atomic mass is 10.3. The molecule has 0 unspecified atom stereocenters. The number of urea groups is 1. The van der Waals surface area contributed by atoms with Gasteiger partial charge < -0.3 is 10.4 Å². The molecule has 1 aromatic heterocycles. The van der Waals surface area contributed by atoms with Crippen LogP contribution in [-0.4, -0.2) is 28.6 Å². The van der Waals surface area contributed by atoms with Gasteiger partial charge >= 0.3 is 12.0 Å². The molecule has 0 aliphatic carbocycles. The largest absolute Gasteiger partial charge is 0.481 e. The summed E-state index contributed by atoms with van der Waals surface area (Å²) >= 11 is 1.21. The summed E-state index contributed by atoms with van der Waals surface area (Å²) in [6.07, 6.45) is 0.727. The van der Waals surface area contributed by atoms with E-state index in [9.17, 15) is 9.59 Å². The average molecular weight is 243 g/mol. The maximum absolute atomic E-state index is 11.2. The number of amides is 2. The van der Waals surface area contributed by atoms with Gasteiger partial charge in [0.1, 0.15) is 0 Å². The van der Waals surface area contributed by atoms with E-state index in [4.69, 9.17) is 5.11 Å². The summed E-state index contributed by atoms with van der Waals surface area (Å²) in [7, 11) is 0. The number of nitrogens with zero attached hydrogens (tertiary/aromatic N) is 1. The van der Waals surface area contributed by atoms with Crippen LogP contribution in [-0.2, 0) is 11.2 Å². The Kier molecular flexibility index (Phi) is 4.71. The number of carbonyl (C=O) groups excluding carboxylic acids is 1. The van der Waals surface area contributed by atoms with Crippen LogP contribution in [0.15, 0.2) is 5.38 Å². The van der Waals surface area contributed by atoms with Gasteiger partial charge in [0.05, 0.1) is 12.1 Å². The molecule has 7 heteroatoms. The fourth-order valence-electron chi connectivity index (χ4n) is 0.980. The summed E-state index contributed by atoms with van der Waals surface area (Å²) in [6, 6.07) is -0.321. The maximum Gasteiger partial charge on any atom is 0.321 e. The summed E-state index contributed by atoms with van der Waals surface area (Å²) < 4.78 is 0. The highest BCUT2D eigenvalue weighted by Crippen LogP contribution is 2.15. The van der Waals surface area contributed by atoms with Crippen LogP contribution in [0.3, 0.4) is 0 Å². The molecule has 16 heavy (non-hydrogen) atoms. The van der Waals surface area contributed by atoms with E-state index in [0.717, 1.165) is 6.42 Å². The van der Waals surface area contributed by atoms with Crippen molar-refractivity contribution in [3.8, 4) is 0 Å². The van der Waals surface area contributed by atoms with Gasteiger partial charge in [0.15, 0.2) is 5.13 Å². The molecule has 88 valence electrons. The van der Waals surface area contributed by atoms with Crippen molar-refractivity contribution < 1.29 is 14.7 Å². The van der Waals surface area contributed by atoms with Crippen molar-refractivity contribution in [1.82, 2.24) is 10.3 Å². The Morgan fingerprint density at radius 2 is 2.31 bits per heavy atom. The van der Waals surface area contributed by atoms with E-state index in [1.807, 2.05) is 6.92 Å². The molecule has 6 nitrogen and oxygen atoms in total. The molecule has 0 spiro atoms. The number of carboxylic acids is 1. The van der Waals surface area contributed by atoms with Gasteiger partial charge in [0.25, 0.3) is 0 Å². The summed E-state index contributed by atoms with van der Waals surface area (Å²) in [6.45, 7) is 2.55. The second-order valence-electron chi connectivity index (χ2n) is 3.10. The Morgan fingerprint density at radius 3 is 2.94 bits per heavy atom. The highest BCUT2D eigenvalue weighted by molar-refractivity contribution is 7.13. The van der Waals surface area contributed by atoms with E-state index in [1.54, 1.807) is 5.38 Å². The predicted molar refractivity (Wildman–Crippen MR) is 60.8 cm³/mol. The number of aliphatic carboxylic acids is 1. The molecule has 0 saturated carbocycles. The van der Waals surface area contributed by atoms with Crippen molar-refractivity contribution in [3.63, 3.8) is 0 Å². The Labute approximate surface area is 96.7 Å². The van der Waals surface area contributed by atoms with Crippen LogP contribution in [0, 0.1) is 0 Å². The zero-order chi connectivity index (χ0) is 12.0. The molecule has 2 amide bonds.